The lowest BCUT2D eigenvalue weighted by atomic mass is 9.82. The zero-order valence-electron chi connectivity index (χ0n) is 19.2. The van der Waals surface area contributed by atoms with Gasteiger partial charge in [-0.1, -0.05) is 56.8 Å². The average Bonchev–Trinajstić information content (AvgIpc) is 2.71. The van der Waals surface area contributed by atoms with Crippen LogP contribution in [0.25, 0.3) is 0 Å². The molecule has 1 aromatic carbocycles. The van der Waals surface area contributed by atoms with Crippen LogP contribution >= 0.6 is 9.24 Å². The molecule has 0 aliphatic rings. The lowest BCUT2D eigenvalue weighted by Crippen LogP contribution is -2.29. The standard InChI is InChI=1S/C24H30N5O2P/c1-15(2)14-21(29-13-12-20(25)28-23(29)30)26-16(3)22(31-7)27-17(4)24(5,6)18-10-8-9-11-19(18)32/h8-14H,3-4,32H2,1-2,5-7H3,(H2,25,28,30)/b26-21+,27-22-. The van der Waals surface area contributed by atoms with Crippen LogP contribution in [0.2, 0.25) is 0 Å². The maximum Gasteiger partial charge on any atom is 0.355 e. The molecule has 0 aliphatic heterocycles. The fourth-order valence-corrected chi connectivity index (χ4v) is 3.47. The van der Waals surface area contributed by atoms with Gasteiger partial charge in [0.25, 0.3) is 0 Å². The van der Waals surface area contributed by atoms with Gasteiger partial charge >= 0.3 is 5.69 Å². The van der Waals surface area contributed by atoms with Crippen molar-refractivity contribution >= 4 is 32.1 Å². The minimum Gasteiger partial charge on any atom is -0.479 e. The molecule has 0 saturated heterocycles. The van der Waals surface area contributed by atoms with Gasteiger partial charge in [0.15, 0.2) is 0 Å². The number of aromatic nitrogens is 2. The first-order valence-electron chi connectivity index (χ1n) is 9.92. The van der Waals surface area contributed by atoms with Crippen LogP contribution in [-0.2, 0) is 10.2 Å². The fourth-order valence-electron chi connectivity index (χ4n) is 2.90. The molecular formula is C24H30N5O2P. The van der Waals surface area contributed by atoms with Crippen molar-refractivity contribution in [1.29, 1.82) is 0 Å². The number of nitrogens with zero attached hydrogens (tertiary/aromatic N) is 4. The van der Waals surface area contributed by atoms with Gasteiger partial charge in [0, 0.05) is 17.3 Å². The van der Waals surface area contributed by atoms with Gasteiger partial charge < -0.3 is 10.5 Å². The highest BCUT2D eigenvalue weighted by Crippen LogP contribution is 2.31. The predicted molar refractivity (Wildman–Crippen MR) is 137 cm³/mol. The molecule has 168 valence electrons. The molecule has 2 rings (SSSR count). The molecule has 2 aromatic rings. The maximum atomic E-state index is 12.3. The second kappa shape index (κ2) is 10.3. The van der Waals surface area contributed by atoms with E-state index in [-0.39, 0.29) is 17.4 Å². The van der Waals surface area contributed by atoms with Gasteiger partial charge in [0.2, 0.25) is 5.90 Å². The molecule has 0 aliphatic carbocycles. The Labute approximate surface area is 191 Å². The molecule has 0 amide bonds. The van der Waals surface area contributed by atoms with E-state index in [2.05, 4.69) is 37.4 Å². The van der Waals surface area contributed by atoms with E-state index < -0.39 is 11.1 Å². The molecular weight excluding hydrogens is 421 g/mol. The summed E-state index contributed by atoms with van der Waals surface area (Å²) in [5.74, 6) is 0.645. The molecule has 7 nitrogen and oxygen atoms in total. The molecule has 2 N–H and O–H groups in total. The van der Waals surface area contributed by atoms with Crippen LogP contribution in [0.15, 0.2) is 87.5 Å². The first kappa shape index (κ1) is 25.0. The van der Waals surface area contributed by atoms with Crippen molar-refractivity contribution in [3.05, 3.63) is 88.8 Å². The summed E-state index contributed by atoms with van der Waals surface area (Å²) in [6, 6.07) is 9.53. The van der Waals surface area contributed by atoms with Crippen molar-refractivity contribution in [1.82, 2.24) is 9.55 Å². The third kappa shape index (κ3) is 5.89. The summed E-state index contributed by atoms with van der Waals surface area (Å²) < 4.78 is 6.75. The maximum absolute atomic E-state index is 12.3. The topological polar surface area (TPSA) is 94.9 Å². The SMILES string of the molecule is C=C(/N=C(\C=C(C)C)n1ccc(N)nc1=O)/C(=N/C(=C)C(C)(C)c1ccccc1P)OC. The third-order valence-corrected chi connectivity index (χ3v) is 5.28. The molecule has 0 spiro atoms. The summed E-state index contributed by atoms with van der Waals surface area (Å²) in [7, 11) is 4.22. The van der Waals surface area contributed by atoms with Gasteiger partial charge in [-0.05, 0) is 36.9 Å². The number of aliphatic imine (C=N–C) groups is 2. The molecule has 8 heteroatoms. The Balaban J connectivity index is 2.49. The van der Waals surface area contributed by atoms with E-state index in [0.717, 1.165) is 16.4 Å². The zero-order valence-corrected chi connectivity index (χ0v) is 20.4. The van der Waals surface area contributed by atoms with Crippen LogP contribution in [0.4, 0.5) is 5.82 Å². The second-order valence-corrected chi connectivity index (χ2v) is 8.55. The van der Waals surface area contributed by atoms with E-state index in [0.29, 0.717) is 11.5 Å². The lowest BCUT2D eigenvalue weighted by Gasteiger charge is -2.27. The lowest BCUT2D eigenvalue weighted by molar-refractivity contribution is 0.401. The van der Waals surface area contributed by atoms with Crippen LogP contribution in [0.1, 0.15) is 33.3 Å². The molecule has 0 bridgehead atoms. The first-order valence-corrected chi connectivity index (χ1v) is 10.5. The average molecular weight is 452 g/mol. The Morgan fingerprint density at radius 2 is 1.88 bits per heavy atom. The minimum absolute atomic E-state index is 0.133. The number of rotatable bonds is 6. The summed E-state index contributed by atoms with van der Waals surface area (Å²) in [6.45, 7) is 16.0. The van der Waals surface area contributed by atoms with Crippen molar-refractivity contribution < 1.29 is 4.74 Å². The first-order chi connectivity index (χ1) is 15.0. The van der Waals surface area contributed by atoms with Crippen molar-refractivity contribution in [3.8, 4) is 0 Å². The molecule has 0 fully saturated rings. The summed E-state index contributed by atoms with van der Waals surface area (Å²) in [5, 5.41) is 1.06. The number of nitrogen functional groups attached to an aromatic ring is 1. The smallest absolute Gasteiger partial charge is 0.355 e. The van der Waals surface area contributed by atoms with Crippen molar-refractivity contribution in [2.45, 2.75) is 33.1 Å². The van der Waals surface area contributed by atoms with Crippen molar-refractivity contribution in [2.24, 2.45) is 9.98 Å². The normalized spacial score (nSPS) is 12.3. The van der Waals surface area contributed by atoms with Gasteiger partial charge in [-0.15, -0.1) is 9.24 Å². The number of allylic oxidation sites excluding steroid dienone is 3. The molecule has 0 radical (unpaired) electrons. The highest BCUT2D eigenvalue weighted by atomic mass is 31.0. The fraction of sp³-hybridized carbons (Fsp3) is 0.250. The number of anilines is 1. The van der Waals surface area contributed by atoms with E-state index in [1.807, 2.05) is 52.0 Å². The Morgan fingerprint density at radius 1 is 1.22 bits per heavy atom. The van der Waals surface area contributed by atoms with Crippen molar-refractivity contribution in [3.63, 3.8) is 0 Å². The van der Waals surface area contributed by atoms with E-state index >= 15 is 0 Å². The van der Waals surface area contributed by atoms with E-state index in [1.54, 1.807) is 6.08 Å². The van der Waals surface area contributed by atoms with Gasteiger partial charge in [0.05, 0.1) is 7.11 Å². The molecule has 1 unspecified atom stereocenters. The highest BCUT2D eigenvalue weighted by Gasteiger charge is 2.27. The number of nitrogens with two attached hydrogens (primary N) is 1. The molecule has 0 saturated carbocycles. The Bertz CT molecular complexity index is 1180. The summed E-state index contributed by atoms with van der Waals surface area (Å²) in [4.78, 5) is 25.2. The highest BCUT2D eigenvalue weighted by molar-refractivity contribution is 7.27. The van der Waals surface area contributed by atoms with E-state index in [9.17, 15) is 4.79 Å². The quantitative estimate of drug-likeness (QED) is 0.413. The molecule has 1 aromatic heterocycles. The summed E-state index contributed by atoms with van der Waals surface area (Å²) in [5.41, 5.74) is 7.41. The summed E-state index contributed by atoms with van der Waals surface area (Å²) in [6.07, 6.45) is 3.25. The molecule has 1 heterocycles. The zero-order chi connectivity index (χ0) is 24.1. The number of benzene rings is 1. The van der Waals surface area contributed by atoms with Crippen LogP contribution in [0, 0.1) is 0 Å². The minimum atomic E-state index is -0.549. The predicted octanol–water partition coefficient (Wildman–Crippen LogP) is 3.59. The number of hydrogen-bond donors (Lipinski definition) is 1. The van der Waals surface area contributed by atoms with Crippen LogP contribution in [-0.4, -0.2) is 28.4 Å². The van der Waals surface area contributed by atoms with Gasteiger partial charge in [-0.3, -0.25) is 4.57 Å². The third-order valence-electron chi connectivity index (χ3n) is 4.77. The second-order valence-electron chi connectivity index (χ2n) is 7.92. The molecule has 32 heavy (non-hydrogen) atoms. The number of hydrogen-bond acceptors (Lipinski definition) is 6. The monoisotopic (exact) mass is 451 g/mol. The van der Waals surface area contributed by atoms with Crippen LogP contribution in [0.5, 0.6) is 0 Å². The largest absolute Gasteiger partial charge is 0.479 e. The van der Waals surface area contributed by atoms with Crippen molar-refractivity contribution in [2.75, 3.05) is 12.8 Å². The van der Waals surface area contributed by atoms with Gasteiger partial charge in [-0.25, -0.2) is 14.8 Å². The molecule has 1 atom stereocenters. The number of ether oxygens (including phenoxy) is 1. The summed E-state index contributed by atoms with van der Waals surface area (Å²) >= 11 is 0. The Hall–Kier alpha value is -3.31. The van der Waals surface area contributed by atoms with E-state index in [4.69, 9.17) is 10.5 Å². The van der Waals surface area contributed by atoms with Crippen LogP contribution in [0.3, 0.4) is 0 Å². The Morgan fingerprint density at radius 3 is 2.44 bits per heavy atom. The number of methoxy groups -OCH3 is 1. The van der Waals surface area contributed by atoms with Gasteiger partial charge in [-0.2, -0.15) is 4.98 Å². The van der Waals surface area contributed by atoms with Gasteiger partial charge in [0.1, 0.15) is 17.4 Å². The van der Waals surface area contributed by atoms with E-state index in [1.165, 1.54) is 23.9 Å². The van der Waals surface area contributed by atoms with Crippen LogP contribution < -0.4 is 16.7 Å². The Kier molecular flexibility index (Phi) is 8.06.